The highest BCUT2D eigenvalue weighted by Crippen LogP contribution is 2.30. The predicted octanol–water partition coefficient (Wildman–Crippen LogP) is 2.52. The van der Waals surface area contributed by atoms with E-state index in [-0.39, 0.29) is 11.4 Å². The number of alkyl carbamates (subject to hydrolysis) is 1. The van der Waals surface area contributed by atoms with Gasteiger partial charge in [0.05, 0.1) is 12.2 Å². The summed E-state index contributed by atoms with van der Waals surface area (Å²) < 4.78 is 10.1. The second-order valence-electron chi connectivity index (χ2n) is 5.68. The number of aromatic hydroxyl groups is 1. The van der Waals surface area contributed by atoms with Crippen LogP contribution < -0.4 is 10.6 Å². The van der Waals surface area contributed by atoms with Gasteiger partial charge in [0.25, 0.3) is 0 Å². The summed E-state index contributed by atoms with van der Waals surface area (Å²) >= 11 is 0. The van der Waals surface area contributed by atoms with Crippen molar-refractivity contribution in [2.24, 2.45) is 0 Å². The zero-order chi connectivity index (χ0) is 15.6. The van der Waals surface area contributed by atoms with E-state index in [0.717, 1.165) is 0 Å². The van der Waals surface area contributed by atoms with Crippen LogP contribution in [0.4, 0.5) is 15.3 Å². The lowest BCUT2D eigenvalue weighted by Crippen LogP contribution is -2.27. The van der Waals surface area contributed by atoms with Gasteiger partial charge in [0, 0.05) is 0 Å². The SMILES string of the molecule is CC(C)(C)OC(=O)Nc1ccc(C2CNC(=O)O2)cc1O. The van der Waals surface area contributed by atoms with Crippen LogP contribution in [0, 0.1) is 0 Å². The van der Waals surface area contributed by atoms with Gasteiger partial charge in [0.2, 0.25) is 0 Å². The maximum absolute atomic E-state index is 11.6. The van der Waals surface area contributed by atoms with Crippen molar-refractivity contribution in [1.82, 2.24) is 5.32 Å². The Bertz CT molecular complexity index is 565. The molecule has 1 aliphatic rings. The number of phenols is 1. The summed E-state index contributed by atoms with van der Waals surface area (Å²) in [4.78, 5) is 22.6. The molecule has 3 N–H and O–H groups in total. The van der Waals surface area contributed by atoms with Gasteiger partial charge in [0.15, 0.2) is 0 Å². The number of rotatable bonds is 2. The largest absolute Gasteiger partial charge is 0.506 e. The summed E-state index contributed by atoms with van der Waals surface area (Å²) in [5, 5.41) is 14.9. The zero-order valence-corrected chi connectivity index (χ0v) is 12.1. The highest BCUT2D eigenvalue weighted by atomic mass is 16.6. The number of phenolic OH excluding ortho intramolecular Hbond substituents is 1. The first-order valence-electron chi connectivity index (χ1n) is 6.52. The number of cyclic esters (lactones) is 1. The van der Waals surface area contributed by atoms with E-state index in [1.165, 1.54) is 12.1 Å². The molecule has 0 saturated carbocycles. The second-order valence-corrected chi connectivity index (χ2v) is 5.68. The third-order valence-electron chi connectivity index (χ3n) is 2.71. The Balaban J connectivity index is 2.06. The van der Waals surface area contributed by atoms with E-state index >= 15 is 0 Å². The van der Waals surface area contributed by atoms with Crippen LogP contribution in [-0.2, 0) is 9.47 Å². The standard InChI is InChI=1S/C14H18N2O5/c1-14(2,3)21-13(19)16-9-5-4-8(6-10(9)17)11-7-15-12(18)20-11/h4-6,11,17H,7H2,1-3H3,(H,15,18)(H,16,19). The number of hydrogen-bond donors (Lipinski definition) is 3. The fourth-order valence-electron chi connectivity index (χ4n) is 1.84. The number of nitrogens with one attached hydrogen (secondary N) is 2. The normalized spacial score (nSPS) is 17.9. The van der Waals surface area contributed by atoms with Crippen molar-refractivity contribution in [2.75, 3.05) is 11.9 Å². The van der Waals surface area contributed by atoms with Crippen molar-refractivity contribution >= 4 is 17.9 Å². The molecule has 114 valence electrons. The zero-order valence-electron chi connectivity index (χ0n) is 12.1. The first-order chi connectivity index (χ1) is 9.74. The average molecular weight is 294 g/mol. The molecule has 1 aliphatic heterocycles. The summed E-state index contributed by atoms with van der Waals surface area (Å²) in [6, 6.07) is 4.63. The minimum absolute atomic E-state index is 0.124. The average Bonchev–Trinajstić information content (AvgIpc) is 2.76. The summed E-state index contributed by atoms with van der Waals surface area (Å²) in [6.07, 6.45) is -1.59. The van der Waals surface area contributed by atoms with E-state index in [1.807, 2.05) is 0 Å². The molecule has 1 saturated heterocycles. The van der Waals surface area contributed by atoms with Gasteiger partial charge in [0.1, 0.15) is 17.5 Å². The fraction of sp³-hybridized carbons (Fsp3) is 0.429. The molecule has 1 unspecified atom stereocenters. The lowest BCUT2D eigenvalue weighted by atomic mass is 10.1. The lowest BCUT2D eigenvalue weighted by molar-refractivity contribution is 0.0635. The molecule has 0 aliphatic carbocycles. The molecule has 1 heterocycles. The van der Waals surface area contributed by atoms with Gasteiger partial charge in [-0.25, -0.2) is 9.59 Å². The van der Waals surface area contributed by atoms with Crippen molar-refractivity contribution < 1.29 is 24.2 Å². The molecule has 1 aromatic carbocycles. The Morgan fingerprint density at radius 3 is 2.71 bits per heavy atom. The number of benzene rings is 1. The van der Waals surface area contributed by atoms with E-state index < -0.39 is 23.9 Å². The van der Waals surface area contributed by atoms with Gasteiger partial charge in [-0.2, -0.15) is 0 Å². The van der Waals surface area contributed by atoms with Crippen LogP contribution in [0.2, 0.25) is 0 Å². The van der Waals surface area contributed by atoms with Gasteiger partial charge in [-0.05, 0) is 38.5 Å². The first kappa shape index (κ1) is 15.0. The smallest absolute Gasteiger partial charge is 0.412 e. The number of ether oxygens (including phenoxy) is 2. The summed E-state index contributed by atoms with van der Waals surface area (Å²) in [5.74, 6) is -0.124. The molecule has 7 nitrogen and oxygen atoms in total. The molecule has 1 aromatic rings. The van der Waals surface area contributed by atoms with Crippen LogP contribution in [-0.4, -0.2) is 29.4 Å². The van der Waals surface area contributed by atoms with Crippen LogP contribution >= 0.6 is 0 Å². The van der Waals surface area contributed by atoms with E-state index in [9.17, 15) is 14.7 Å². The monoisotopic (exact) mass is 294 g/mol. The van der Waals surface area contributed by atoms with Crippen molar-refractivity contribution in [3.05, 3.63) is 23.8 Å². The molecule has 0 radical (unpaired) electrons. The number of amides is 2. The number of carbonyl (C=O) groups is 2. The third-order valence-corrected chi connectivity index (χ3v) is 2.71. The maximum atomic E-state index is 11.6. The number of hydrogen-bond acceptors (Lipinski definition) is 5. The van der Waals surface area contributed by atoms with Crippen molar-refractivity contribution in [1.29, 1.82) is 0 Å². The van der Waals surface area contributed by atoms with Gasteiger partial charge in [-0.1, -0.05) is 6.07 Å². The molecule has 1 fully saturated rings. The van der Waals surface area contributed by atoms with Crippen LogP contribution in [0.3, 0.4) is 0 Å². The summed E-state index contributed by atoms with van der Waals surface area (Å²) in [6.45, 7) is 5.59. The highest BCUT2D eigenvalue weighted by molar-refractivity contribution is 5.87. The molecule has 2 amide bonds. The van der Waals surface area contributed by atoms with Crippen LogP contribution in [0.25, 0.3) is 0 Å². The molecule has 7 heteroatoms. The molecular formula is C14H18N2O5. The minimum atomic E-state index is -0.653. The van der Waals surface area contributed by atoms with Gasteiger partial charge >= 0.3 is 12.2 Å². The molecule has 1 atom stereocenters. The Morgan fingerprint density at radius 2 is 2.19 bits per heavy atom. The van der Waals surface area contributed by atoms with E-state index in [4.69, 9.17) is 9.47 Å². The van der Waals surface area contributed by atoms with Crippen molar-refractivity contribution in [3.8, 4) is 5.75 Å². The third kappa shape index (κ3) is 4.01. The van der Waals surface area contributed by atoms with Gasteiger partial charge in [-0.3, -0.25) is 5.32 Å². The molecule has 2 rings (SSSR count). The van der Waals surface area contributed by atoms with Crippen LogP contribution in [0.5, 0.6) is 5.75 Å². The molecule has 0 aromatic heterocycles. The summed E-state index contributed by atoms with van der Waals surface area (Å²) in [7, 11) is 0. The Labute approximate surface area is 122 Å². The quantitative estimate of drug-likeness (QED) is 0.728. The molecular weight excluding hydrogens is 276 g/mol. The van der Waals surface area contributed by atoms with Gasteiger partial charge in [-0.15, -0.1) is 0 Å². The maximum Gasteiger partial charge on any atom is 0.412 e. The van der Waals surface area contributed by atoms with E-state index in [0.29, 0.717) is 12.1 Å². The molecule has 0 bridgehead atoms. The van der Waals surface area contributed by atoms with E-state index in [1.54, 1.807) is 26.8 Å². The van der Waals surface area contributed by atoms with Crippen molar-refractivity contribution in [2.45, 2.75) is 32.5 Å². The van der Waals surface area contributed by atoms with E-state index in [2.05, 4.69) is 10.6 Å². The minimum Gasteiger partial charge on any atom is -0.506 e. The van der Waals surface area contributed by atoms with Crippen LogP contribution in [0.1, 0.15) is 32.4 Å². The van der Waals surface area contributed by atoms with Crippen molar-refractivity contribution in [3.63, 3.8) is 0 Å². The fourth-order valence-corrected chi connectivity index (χ4v) is 1.84. The topological polar surface area (TPSA) is 96.9 Å². The molecule has 0 spiro atoms. The highest BCUT2D eigenvalue weighted by Gasteiger charge is 2.25. The lowest BCUT2D eigenvalue weighted by Gasteiger charge is -2.20. The van der Waals surface area contributed by atoms with Crippen LogP contribution in [0.15, 0.2) is 18.2 Å². The second kappa shape index (κ2) is 5.51. The Kier molecular flexibility index (Phi) is 3.93. The molecule has 21 heavy (non-hydrogen) atoms. The Morgan fingerprint density at radius 1 is 1.48 bits per heavy atom. The Hall–Kier alpha value is -2.44. The van der Waals surface area contributed by atoms with Gasteiger partial charge < -0.3 is 19.9 Å². The summed E-state index contributed by atoms with van der Waals surface area (Å²) in [5.41, 5.74) is 0.245. The number of anilines is 1. The number of carbonyl (C=O) groups excluding carboxylic acids is 2. The predicted molar refractivity (Wildman–Crippen MR) is 75.2 cm³/mol. The first-order valence-corrected chi connectivity index (χ1v) is 6.52.